The van der Waals surface area contributed by atoms with Crippen LogP contribution in [0.3, 0.4) is 0 Å². The molecule has 314 valence electrons. The van der Waals surface area contributed by atoms with Crippen LogP contribution in [0.5, 0.6) is 0 Å². The molecule has 0 bridgehead atoms. The van der Waals surface area contributed by atoms with Gasteiger partial charge in [-0.05, 0) is 57.8 Å². The Morgan fingerprint density at radius 2 is 0.709 bits per heavy atom. The Hall–Kier alpha value is -3.15. The number of esters is 3. The van der Waals surface area contributed by atoms with Crippen LogP contribution in [-0.2, 0) is 28.6 Å². The Bertz CT molecular complexity index is 1070. The van der Waals surface area contributed by atoms with Gasteiger partial charge in [0.25, 0.3) is 0 Å². The maximum absolute atomic E-state index is 12.7. The minimum Gasteiger partial charge on any atom is -0.462 e. The van der Waals surface area contributed by atoms with Gasteiger partial charge < -0.3 is 14.2 Å². The van der Waals surface area contributed by atoms with Crippen molar-refractivity contribution in [3.8, 4) is 0 Å². The molecule has 0 heterocycles. The van der Waals surface area contributed by atoms with Crippen molar-refractivity contribution in [3.63, 3.8) is 0 Å². The molecule has 0 spiro atoms. The van der Waals surface area contributed by atoms with E-state index in [4.69, 9.17) is 14.2 Å². The molecule has 0 saturated heterocycles. The molecule has 6 nitrogen and oxygen atoms in total. The standard InChI is InChI=1S/C49H82O6/c1-4-7-10-13-16-19-22-24-27-30-33-36-39-42-48(51)54-45-46(44-53-47(50)41-38-35-32-29-26-21-18-15-12-9-6-3)55-49(52)43-40-37-34-31-28-25-23-20-17-14-11-8-5-2/h7-8,10-11,13-14,16-17,19-20,22-23,46H,4-6,9,12,15,18,21,24-45H2,1-3H3/b10-7-,11-8-,16-13-,17-14-,22-19-,23-20-. The number of rotatable bonds is 39. The van der Waals surface area contributed by atoms with Crippen molar-refractivity contribution in [1.82, 2.24) is 0 Å². The topological polar surface area (TPSA) is 78.9 Å². The van der Waals surface area contributed by atoms with Crippen molar-refractivity contribution in [2.75, 3.05) is 13.2 Å². The minimum atomic E-state index is -0.790. The Labute approximate surface area is 338 Å². The van der Waals surface area contributed by atoms with Gasteiger partial charge in [-0.25, -0.2) is 0 Å². The summed E-state index contributed by atoms with van der Waals surface area (Å²) in [5, 5.41) is 0. The third-order valence-corrected chi connectivity index (χ3v) is 9.33. The number of carbonyl (C=O) groups is 3. The molecule has 0 aromatic carbocycles. The van der Waals surface area contributed by atoms with E-state index in [0.717, 1.165) is 109 Å². The monoisotopic (exact) mass is 767 g/mol. The molecule has 1 unspecified atom stereocenters. The van der Waals surface area contributed by atoms with Crippen LogP contribution >= 0.6 is 0 Å². The second-order valence-electron chi connectivity index (χ2n) is 14.7. The number of ether oxygens (including phenoxy) is 3. The first-order valence-corrected chi connectivity index (χ1v) is 22.5. The van der Waals surface area contributed by atoms with Crippen LogP contribution in [0, 0.1) is 0 Å². The van der Waals surface area contributed by atoms with Gasteiger partial charge in [0.15, 0.2) is 6.10 Å². The second kappa shape index (κ2) is 43.6. The maximum atomic E-state index is 12.7. The highest BCUT2D eigenvalue weighted by atomic mass is 16.6. The van der Waals surface area contributed by atoms with E-state index in [1.807, 2.05) is 0 Å². The van der Waals surface area contributed by atoms with Crippen LogP contribution in [0.1, 0.15) is 201 Å². The van der Waals surface area contributed by atoms with E-state index in [1.165, 1.54) is 51.4 Å². The summed E-state index contributed by atoms with van der Waals surface area (Å²) < 4.78 is 16.7. The van der Waals surface area contributed by atoms with Crippen LogP contribution in [0.4, 0.5) is 0 Å². The Kier molecular flexibility index (Phi) is 41.1. The Balaban J connectivity index is 4.45. The first-order valence-electron chi connectivity index (χ1n) is 22.5. The Morgan fingerprint density at radius 3 is 1.09 bits per heavy atom. The summed E-state index contributed by atoms with van der Waals surface area (Å²) >= 11 is 0. The van der Waals surface area contributed by atoms with E-state index >= 15 is 0 Å². The molecule has 55 heavy (non-hydrogen) atoms. The number of unbranched alkanes of at least 4 members (excludes halogenated alkanes) is 20. The minimum absolute atomic E-state index is 0.0901. The average molecular weight is 767 g/mol. The first-order chi connectivity index (χ1) is 27.0. The number of carbonyl (C=O) groups excluding carboxylic acids is 3. The molecule has 0 aliphatic rings. The molecule has 1 atom stereocenters. The molecule has 0 aromatic heterocycles. The number of hydrogen-bond acceptors (Lipinski definition) is 6. The molecular formula is C49H82O6. The van der Waals surface area contributed by atoms with Crippen LogP contribution < -0.4 is 0 Å². The van der Waals surface area contributed by atoms with Crippen LogP contribution in [0.2, 0.25) is 0 Å². The molecule has 0 radical (unpaired) electrons. The van der Waals surface area contributed by atoms with Crippen molar-refractivity contribution in [2.24, 2.45) is 0 Å². The molecule has 0 fully saturated rings. The lowest BCUT2D eigenvalue weighted by atomic mass is 10.1. The normalized spacial score (nSPS) is 12.7. The molecular weight excluding hydrogens is 685 g/mol. The summed E-state index contributed by atoms with van der Waals surface area (Å²) in [6, 6.07) is 0. The summed E-state index contributed by atoms with van der Waals surface area (Å²) in [7, 11) is 0. The average Bonchev–Trinajstić information content (AvgIpc) is 3.18. The van der Waals surface area contributed by atoms with Gasteiger partial charge in [-0.15, -0.1) is 0 Å². The van der Waals surface area contributed by atoms with Crippen molar-refractivity contribution in [2.45, 2.75) is 207 Å². The predicted octanol–water partition coefficient (Wildman–Crippen LogP) is 14.3. The predicted molar refractivity (Wildman–Crippen MR) is 233 cm³/mol. The van der Waals surface area contributed by atoms with E-state index in [2.05, 4.69) is 93.7 Å². The molecule has 0 N–H and O–H groups in total. The summed E-state index contributed by atoms with van der Waals surface area (Å²) in [6.07, 6.45) is 53.1. The largest absolute Gasteiger partial charge is 0.462 e. The van der Waals surface area contributed by atoms with Crippen LogP contribution in [-0.4, -0.2) is 37.2 Å². The lowest BCUT2D eigenvalue weighted by Crippen LogP contribution is -2.30. The lowest BCUT2D eigenvalue weighted by molar-refractivity contribution is -0.167. The summed E-state index contributed by atoms with van der Waals surface area (Å²) in [5.74, 6) is -0.938. The zero-order chi connectivity index (χ0) is 40.1. The van der Waals surface area contributed by atoms with E-state index in [0.29, 0.717) is 19.3 Å². The van der Waals surface area contributed by atoms with Gasteiger partial charge in [0.1, 0.15) is 13.2 Å². The highest BCUT2D eigenvalue weighted by Crippen LogP contribution is 2.14. The zero-order valence-electron chi connectivity index (χ0n) is 35.7. The van der Waals surface area contributed by atoms with E-state index in [-0.39, 0.29) is 31.1 Å². The molecule has 0 saturated carbocycles. The molecule has 0 amide bonds. The Morgan fingerprint density at radius 1 is 0.382 bits per heavy atom. The van der Waals surface area contributed by atoms with Gasteiger partial charge in [0.2, 0.25) is 0 Å². The van der Waals surface area contributed by atoms with Gasteiger partial charge >= 0.3 is 17.9 Å². The van der Waals surface area contributed by atoms with Gasteiger partial charge in [-0.1, -0.05) is 196 Å². The lowest BCUT2D eigenvalue weighted by Gasteiger charge is -2.18. The maximum Gasteiger partial charge on any atom is 0.306 e. The summed E-state index contributed by atoms with van der Waals surface area (Å²) in [5.41, 5.74) is 0. The molecule has 0 aliphatic carbocycles. The first kappa shape index (κ1) is 51.9. The fraction of sp³-hybridized carbons (Fsp3) is 0.694. The van der Waals surface area contributed by atoms with E-state index in [9.17, 15) is 14.4 Å². The smallest absolute Gasteiger partial charge is 0.306 e. The number of hydrogen-bond donors (Lipinski definition) is 0. The fourth-order valence-electron chi connectivity index (χ4n) is 5.97. The zero-order valence-corrected chi connectivity index (χ0v) is 35.7. The van der Waals surface area contributed by atoms with Crippen LogP contribution in [0.25, 0.3) is 0 Å². The fourth-order valence-corrected chi connectivity index (χ4v) is 5.97. The highest BCUT2D eigenvalue weighted by molar-refractivity contribution is 5.71. The van der Waals surface area contributed by atoms with E-state index in [1.54, 1.807) is 0 Å². The highest BCUT2D eigenvalue weighted by Gasteiger charge is 2.19. The quantitative estimate of drug-likeness (QED) is 0.0268. The van der Waals surface area contributed by atoms with Crippen molar-refractivity contribution in [1.29, 1.82) is 0 Å². The third kappa shape index (κ3) is 41.8. The summed E-state index contributed by atoms with van der Waals surface area (Å²) in [4.78, 5) is 37.7. The van der Waals surface area contributed by atoms with Gasteiger partial charge in [-0.3, -0.25) is 14.4 Å². The SMILES string of the molecule is CC\C=C/C=C\C=C/CCCCCCCC(=O)OCC(COC(=O)CCCCCCCCCCCCC)OC(=O)CCCCCCC\C=C/C=C\C=C/CC. The molecule has 6 heteroatoms. The van der Waals surface area contributed by atoms with E-state index < -0.39 is 6.10 Å². The van der Waals surface area contributed by atoms with Gasteiger partial charge in [0.05, 0.1) is 0 Å². The summed E-state index contributed by atoms with van der Waals surface area (Å²) in [6.45, 7) is 6.31. The van der Waals surface area contributed by atoms with Crippen molar-refractivity contribution >= 4 is 17.9 Å². The van der Waals surface area contributed by atoms with Gasteiger partial charge in [0, 0.05) is 19.3 Å². The van der Waals surface area contributed by atoms with Crippen LogP contribution in [0.15, 0.2) is 72.9 Å². The van der Waals surface area contributed by atoms with Gasteiger partial charge in [-0.2, -0.15) is 0 Å². The van der Waals surface area contributed by atoms with Crippen molar-refractivity contribution in [3.05, 3.63) is 72.9 Å². The molecule has 0 aliphatic heterocycles. The van der Waals surface area contributed by atoms with Crippen molar-refractivity contribution < 1.29 is 28.6 Å². The second-order valence-corrected chi connectivity index (χ2v) is 14.7. The third-order valence-electron chi connectivity index (χ3n) is 9.33. The molecule has 0 rings (SSSR count). The number of allylic oxidation sites excluding steroid dienone is 12. The molecule has 0 aromatic rings.